The van der Waals surface area contributed by atoms with Crippen molar-refractivity contribution in [1.29, 1.82) is 0 Å². The molecule has 1 heterocycles. The molecule has 1 aromatic heterocycles. The first-order valence-corrected chi connectivity index (χ1v) is 5.52. The molecular formula is C13H15N3O. The maximum Gasteiger partial charge on any atom is 0.221 e. The summed E-state index contributed by atoms with van der Waals surface area (Å²) in [6, 6.07) is 13.3. The van der Waals surface area contributed by atoms with Gasteiger partial charge in [-0.1, -0.05) is 25.1 Å². The Morgan fingerprint density at radius 3 is 2.82 bits per heavy atom. The van der Waals surface area contributed by atoms with Crippen LogP contribution in [0.1, 0.15) is 12.5 Å². The van der Waals surface area contributed by atoms with Crippen molar-refractivity contribution in [1.82, 2.24) is 4.98 Å². The van der Waals surface area contributed by atoms with E-state index in [9.17, 15) is 0 Å². The summed E-state index contributed by atoms with van der Waals surface area (Å²) in [5.41, 5.74) is 3.72. The van der Waals surface area contributed by atoms with E-state index >= 15 is 0 Å². The Labute approximate surface area is 100 Å². The van der Waals surface area contributed by atoms with Gasteiger partial charge in [0.1, 0.15) is 11.6 Å². The van der Waals surface area contributed by atoms with Gasteiger partial charge in [0.05, 0.1) is 0 Å². The Morgan fingerprint density at radius 2 is 2.06 bits per heavy atom. The Morgan fingerprint density at radius 1 is 1.24 bits per heavy atom. The second-order valence-electron chi connectivity index (χ2n) is 3.61. The number of anilines is 1. The van der Waals surface area contributed by atoms with Gasteiger partial charge in [-0.25, -0.2) is 5.84 Å². The van der Waals surface area contributed by atoms with Crippen LogP contribution in [0, 0.1) is 0 Å². The lowest BCUT2D eigenvalue weighted by atomic mass is 10.2. The third kappa shape index (κ3) is 2.95. The quantitative estimate of drug-likeness (QED) is 0.625. The van der Waals surface area contributed by atoms with Crippen LogP contribution in [0.2, 0.25) is 0 Å². The summed E-state index contributed by atoms with van der Waals surface area (Å²) in [7, 11) is 0. The molecule has 4 heteroatoms. The zero-order valence-electron chi connectivity index (χ0n) is 9.68. The van der Waals surface area contributed by atoms with E-state index in [2.05, 4.69) is 23.4 Å². The summed E-state index contributed by atoms with van der Waals surface area (Å²) in [6.45, 7) is 2.11. The standard InChI is InChI=1S/C13H15N3O/c1-2-10-5-3-6-11(9-10)17-13-8-4-7-12(15-13)16-14/h3-9H,2,14H2,1H3,(H,15,16). The highest BCUT2D eigenvalue weighted by molar-refractivity contribution is 5.37. The molecule has 2 rings (SSSR count). The van der Waals surface area contributed by atoms with Gasteiger partial charge >= 0.3 is 0 Å². The second-order valence-corrected chi connectivity index (χ2v) is 3.61. The van der Waals surface area contributed by atoms with E-state index in [1.165, 1.54) is 5.56 Å². The summed E-state index contributed by atoms with van der Waals surface area (Å²) in [5.74, 6) is 7.17. The predicted molar refractivity (Wildman–Crippen MR) is 67.9 cm³/mol. The number of nitrogens with one attached hydrogen (secondary N) is 1. The molecule has 0 radical (unpaired) electrons. The molecule has 4 nitrogen and oxygen atoms in total. The van der Waals surface area contributed by atoms with Crippen molar-refractivity contribution in [2.45, 2.75) is 13.3 Å². The van der Waals surface area contributed by atoms with E-state index in [4.69, 9.17) is 10.6 Å². The first kappa shape index (κ1) is 11.4. The number of ether oxygens (including phenoxy) is 1. The monoisotopic (exact) mass is 229 g/mol. The summed E-state index contributed by atoms with van der Waals surface area (Å²) in [6.07, 6.45) is 0.981. The summed E-state index contributed by atoms with van der Waals surface area (Å²) in [5, 5.41) is 0. The molecule has 2 aromatic rings. The van der Waals surface area contributed by atoms with Crippen molar-refractivity contribution in [3.63, 3.8) is 0 Å². The molecule has 0 amide bonds. The number of nitrogen functional groups attached to an aromatic ring is 1. The summed E-state index contributed by atoms with van der Waals surface area (Å²) < 4.78 is 5.66. The molecular weight excluding hydrogens is 214 g/mol. The first-order valence-electron chi connectivity index (χ1n) is 5.52. The fraction of sp³-hybridized carbons (Fsp3) is 0.154. The van der Waals surface area contributed by atoms with E-state index in [-0.39, 0.29) is 0 Å². The number of benzene rings is 1. The van der Waals surface area contributed by atoms with Gasteiger partial charge in [0, 0.05) is 6.07 Å². The van der Waals surface area contributed by atoms with Crippen LogP contribution in [0.25, 0.3) is 0 Å². The van der Waals surface area contributed by atoms with E-state index in [0.717, 1.165) is 12.2 Å². The number of hydrazine groups is 1. The van der Waals surface area contributed by atoms with Crippen LogP contribution >= 0.6 is 0 Å². The zero-order chi connectivity index (χ0) is 12.1. The molecule has 0 saturated heterocycles. The van der Waals surface area contributed by atoms with E-state index in [0.29, 0.717) is 11.7 Å². The topological polar surface area (TPSA) is 60.2 Å². The minimum absolute atomic E-state index is 0.522. The molecule has 0 aliphatic carbocycles. The highest BCUT2D eigenvalue weighted by Gasteiger charge is 2.00. The van der Waals surface area contributed by atoms with Crippen LogP contribution in [-0.4, -0.2) is 4.98 Å². The van der Waals surface area contributed by atoms with Crippen LogP contribution in [0.5, 0.6) is 11.6 Å². The van der Waals surface area contributed by atoms with Crippen LogP contribution in [-0.2, 0) is 6.42 Å². The molecule has 0 aliphatic rings. The van der Waals surface area contributed by atoms with Gasteiger partial charge < -0.3 is 10.2 Å². The largest absolute Gasteiger partial charge is 0.439 e. The minimum Gasteiger partial charge on any atom is -0.439 e. The lowest BCUT2D eigenvalue weighted by Gasteiger charge is -2.07. The van der Waals surface area contributed by atoms with Crippen molar-refractivity contribution < 1.29 is 4.74 Å². The third-order valence-corrected chi connectivity index (χ3v) is 2.40. The normalized spacial score (nSPS) is 10.0. The molecule has 0 bridgehead atoms. The van der Waals surface area contributed by atoms with Crippen molar-refractivity contribution in [3.05, 3.63) is 48.0 Å². The molecule has 3 N–H and O–H groups in total. The summed E-state index contributed by atoms with van der Waals surface area (Å²) >= 11 is 0. The molecule has 1 aromatic carbocycles. The van der Waals surface area contributed by atoms with Gasteiger partial charge in [0.25, 0.3) is 0 Å². The molecule has 0 aliphatic heterocycles. The maximum atomic E-state index is 5.66. The third-order valence-electron chi connectivity index (χ3n) is 2.40. The van der Waals surface area contributed by atoms with Gasteiger partial charge in [0.15, 0.2) is 0 Å². The van der Waals surface area contributed by atoms with E-state index < -0.39 is 0 Å². The number of nitrogens with zero attached hydrogens (tertiary/aromatic N) is 1. The molecule has 0 fully saturated rings. The Kier molecular flexibility index (Phi) is 3.57. The number of aryl methyl sites for hydroxylation is 1. The Bertz CT molecular complexity index is 454. The average Bonchev–Trinajstić information content (AvgIpc) is 2.39. The Hall–Kier alpha value is -2.07. The average molecular weight is 229 g/mol. The molecule has 0 spiro atoms. The number of hydrogen-bond acceptors (Lipinski definition) is 4. The highest BCUT2D eigenvalue weighted by atomic mass is 16.5. The molecule has 0 unspecified atom stereocenters. The van der Waals surface area contributed by atoms with Crippen LogP contribution in [0.15, 0.2) is 42.5 Å². The van der Waals surface area contributed by atoms with Gasteiger partial charge in [-0.2, -0.15) is 4.98 Å². The smallest absolute Gasteiger partial charge is 0.221 e. The number of pyridine rings is 1. The number of hydrogen-bond donors (Lipinski definition) is 2. The highest BCUT2D eigenvalue weighted by Crippen LogP contribution is 2.21. The number of nitrogens with two attached hydrogens (primary N) is 1. The van der Waals surface area contributed by atoms with E-state index in [1.54, 1.807) is 12.1 Å². The minimum atomic E-state index is 0.522. The molecule has 0 atom stereocenters. The van der Waals surface area contributed by atoms with Crippen LogP contribution < -0.4 is 16.0 Å². The van der Waals surface area contributed by atoms with Gasteiger partial charge in [0.2, 0.25) is 5.88 Å². The Balaban J connectivity index is 2.18. The molecule has 17 heavy (non-hydrogen) atoms. The van der Waals surface area contributed by atoms with Gasteiger partial charge in [-0.15, -0.1) is 0 Å². The van der Waals surface area contributed by atoms with Crippen molar-refractivity contribution in [2.24, 2.45) is 5.84 Å². The number of aromatic nitrogens is 1. The van der Waals surface area contributed by atoms with Crippen molar-refractivity contribution >= 4 is 5.82 Å². The fourth-order valence-electron chi connectivity index (χ4n) is 1.50. The number of rotatable bonds is 4. The maximum absolute atomic E-state index is 5.66. The van der Waals surface area contributed by atoms with Crippen molar-refractivity contribution in [2.75, 3.05) is 5.43 Å². The van der Waals surface area contributed by atoms with Gasteiger partial charge in [-0.3, -0.25) is 0 Å². The molecule has 0 saturated carbocycles. The molecule has 88 valence electrons. The van der Waals surface area contributed by atoms with Crippen LogP contribution in [0.3, 0.4) is 0 Å². The SMILES string of the molecule is CCc1cccc(Oc2cccc(NN)n2)c1. The summed E-state index contributed by atoms with van der Waals surface area (Å²) in [4.78, 5) is 4.18. The van der Waals surface area contributed by atoms with Crippen LogP contribution in [0.4, 0.5) is 5.82 Å². The van der Waals surface area contributed by atoms with E-state index in [1.807, 2.05) is 24.3 Å². The fourth-order valence-corrected chi connectivity index (χ4v) is 1.50. The van der Waals surface area contributed by atoms with Gasteiger partial charge in [-0.05, 0) is 30.2 Å². The predicted octanol–water partition coefficient (Wildman–Crippen LogP) is 2.72. The van der Waals surface area contributed by atoms with Crippen molar-refractivity contribution in [3.8, 4) is 11.6 Å². The lowest BCUT2D eigenvalue weighted by Crippen LogP contribution is -2.08. The zero-order valence-corrected chi connectivity index (χ0v) is 9.68. The lowest BCUT2D eigenvalue weighted by molar-refractivity contribution is 0.463. The first-order chi connectivity index (χ1) is 8.31. The second kappa shape index (κ2) is 5.32.